The number of rotatable bonds is 8. The van der Waals surface area contributed by atoms with E-state index >= 15 is 0 Å². The van der Waals surface area contributed by atoms with Gasteiger partial charge >= 0.3 is 0 Å². The molecule has 140 valence electrons. The summed E-state index contributed by atoms with van der Waals surface area (Å²) in [7, 11) is 0. The molecule has 0 saturated carbocycles. The Hall–Kier alpha value is -1.89. The minimum absolute atomic E-state index is 0.0492. The molecule has 0 spiro atoms. The molecule has 1 aliphatic rings. The third kappa shape index (κ3) is 5.85. The lowest BCUT2D eigenvalue weighted by atomic mass is 10.1. The highest BCUT2D eigenvalue weighted by Gasteiger charge is 2.31. The minimum Gasteiger partial charge on any atom is -0.353 e. The molecule has 25 heavy (non-hydrogen) atoms. The molecule has 1 aromatic rings. The zero-order valence-corrected chi connectivity index (χ0v) is 15.8. The smallest absolute Gasteiger partial charge is 0.237 e. The molecule has 1 aliphatic heterocycles. The van der Waals surface area contributed by atoms with Crippen molar-refractivity contribution in [2.24, 2.45) is 11.8 Å². The molecule has 0 aliphatic carbocycles. The van der Waals surface area contributed by atoms with Crippen molar-refractivity contribution >= 4 is 11.8 Å². The predicted octanol–water partition coefficient (Wildman–Crippen LogP) is 1.00. The monoisotopic (exact) mass is 349 g/mol. The number of hydrogen-bond donors (Lipinski definition) is 2. The van der Waals surface area contributed by atoms with Crippen molar-refractivity contribution < 1.29 is 9.59 Å². The van der Waals surface area contributed by atoms with Crippen LogP contribution < -0.4 is 10.6 Å². The molecule has 2 N–H and O–H groups in total. The molecule has 7 heteroatoms. The second kappa shape index (κ2) is 8.99. The Morgan fingerprint density at radius 3 is 2.72 bits per heavy atom. The van der Waals surface area contributed by atoms with Crippen molar-refractivity contribution in [3.8, 4) is 0 Å². The van der Waals surface area contributed by atoms with Crippen molar-refractivity contribution in [3.05, 3.63) is 18.2 Å². The van der Waals surface area contributed by atoms with E-state index in [1.54, 1.807) is 12.5 Å². The van der Waals surface area contributed by atoms with Gasteiger partial charge in [0.05, 0.1) is 31.0 Å². The maximum atomic E-state index is 12.4. The summed E-state index contributed by atoms with van der Waals surface area (Å²) < 4.78 is 2.06. The zero-order valence-electron chi connectivity index (χ0n) is 15.8. The first-order chi connectivity index (χ1) is 11.9. The first kappa shape index (κ1) is 19.4. The molecule has 2 heterocycles. The van der Waals surface area contributed by atoms with Gasteiger partial charge in [-0.25, -0.2) is 4.98 Å². The molecular weight excluding hydrogens is 318 g/mol. The largest absolute Gasteiger partial charge is 0.353 e. The Morgan fingerprint density at radius 2 is 2.04 bits per heavy atom. The number of imidazole rings is 1. The number of nitrogens with zero attached hydrogens (tertiary/aromatic N) is 3. The lowest BCUT2D eigenvalue weighted by Crippen LogP contribution is -2.57. The fourth-order valence-corrected chi connectivity index (χ4v) is 3.16. The highest BCUT2D eigenvalue weighted by molar-refractivity contribution is 5.88. The fraction of sp³-hybridized carbons (Fsp3) is 0.722. The van der Waals surface area contributed by atoms with Gasteiger partial charge in [0.2, 0.25) is 11.8 Å². The van der Waals surface area contributed by atoms with Gasteiger partial charge in [0.1, 0.15) is 0 Å². The lowest BCUT2D eigenvalue weighted by Gasteiger charge is -2.35. The number of aromatic nitrogens is 2. The van der Waals surface area contributed by atoms with E-state index in [1.807, 2.05) is 0 Å². The number of hydrogen-bond acceptors (Lipinski definition) is 4. The molecule has 1 atom stereocenters. The van der Waals surface area contributed by atoms with Gasteiger partial charge in [-0.15, -0.1) is 0 Å². The molecule has 1 saturated heterocycles. The van der Waals surface area contributed by atoms with Gasteiger partial charge in [0.15, 0.2) is 0 Å². The summed E-state index contributed by atoms with van der Waals surface area (Å²) in [5.41, 5.74) is 0.981. The summed E-state index contributed by atoms with van der Waals surface area (Å²) in [4.78, 5) is 30.8. The van der Waals surface area contributed by atoms with Crippen molar-refractivity contribution in [3.63, 3.8) is 0 Å². The van der Waals surface area contributed by atoms with Gasteiger partial charge in [-0.1, -0.05) is 27.7 Å². The fourth-order valence-electron chi connectivity index (χ4n) is 3.16. The molecule has 0 aromatic carbocycles. The molecule has 1 unspecified atom stereocenters. The van der Waals surface area contributed by atoms with Crippen molar-refractivity contribution in [2.45, 2.75) is 53.2 Å². The number of nitrogens with one attached hydrogen (secondary N) is 2. The van der Waals surface area contributed by atoms with Crippen LogP contribution in [-0.4, -0.2) is 51.9 Å². The van der Waals surface area contributed by atoms with E-state index in [1.165, 1.54) is 0 Å². The topological polar surface area (TPSA) is 79.3 Å². The first-order valence-corrected chi connectivity index (χ1v) is 9.14. The van der Waals surface area contributed by atoms with Gasteiger partial charge in [0.25, 0.3) is 0 Å². The molecule has 2 rings (SSSR count). The van der Waals surface area contributed by atoms with E-state index in [9.17, 15) is 9.59 Å². The van der Waals surface area contributed by atoms with Crippen LogP contribution in [0.5, 0.6) is 0 Å². The van der Waals surface area contributed by atoms with Crippen LogP contribution >= 0.6 is 0 Å². The predicted molar refractivity (Wildman–Crippen MR) is 96.7 cm³/mol. The number of carbonyl (C=O) groups is 2. The summed E-state index contributed by atoms with van der Waals surface area (Å²) in [6.45, 7) is 12.1. The van der Waals surface area contributed by atoms with E-state index < -0.39 is 0 Å². The van der Waals surface area contributed by atoms with Gasteiger partial charge in [-0.05, 0) is 11.8 Å². The van der Waals surface area contributed by atoms with Crippen molar-refractivity contribution in [1.82, 2.24) is 25.1 Å². The van der Waals surface area contributed by atoms with E-state index in [2.05, 4.69) is 52.8 Å². The Balaban J connectivity index is 1.90. The number of piperazine rings is 1. The van der Waals surface area contributed by atoms with Crippen LogP contribution in [0.1, 0.15) is 39.8 Å². The van der Waals surface area contributed by atoms with Gasteiger partial charge < -0.3 is 15.2 Å². The highest BCUT2D eigenvalue weighted by Crippen LogP contribution is 2.12. The summed E-state index contributed by atoms with van der Waals surface area (Å²) in [5, 5.41) is 5.80. The van der Waals surface area contributed by atoms with Gasteiger partial charge in [-0.3, -0.25) is 14.5 Å². The van der Waals surface area contributed by atoms with E-state index in [0.717, 1.165) is 25.3 Å². The van der Waals surface area contributed by atoms with Crippen LogP contribution in [0.15, 0.2) is 12.5 Å². The Kier molecular flexibility index (Phi) is 6.99. The minimum atomic E-state index is -0.378. The summed E-state index contributed by atoms with van der Waals surface area (Å²) >= 11 is 0. The molecule has 0 bridgehead atoms. The van der Waals surface area contributed by atoms with Gasteiger partial charge in [0, 0.05) is 32.4 Å². The van der Waals surface area contributed by atoms with Crippen LogP contribution in [0.3, 0.4) is 0 Å². The normalized spacial score (nSPS) is 18.6. The molecular formula is C18H31N5O2. The van der Waals surface area contributed by atoms with E-state index in [0.29, 0.717) is 24.9 Å². The average molecular weight is 349 g/mol. The standard InChI is InChI=1S/C18H31N5O2/c1-13(2)10-22-6-5-20-18(25)16(22)7-17(24)21-9-15-8-19-12-23(15)11-14(3)4/h8,12-14,16H,5-7,9-11H2,1-4H3,(H,20,25)(H,21,24). The maximum Gasteiger partial charge on any atom is 0.237 e. The van der Waals surface area contributed by atoms with Crippen molar-refractivity contribution in [2.75, 3.05) is 19.6 Å². The maximum absolute atomic E-state index is 12.4. The molecule has 1 aromatic heterocycles. The Bertz CT molecular complexity index is 582. The van der Waals surface area contributed by atoms with Crippen LogP contribution in [0.4, 0.5) is 0 Å². The lowest BCUT2D eigenvalue weighted by molar-refractivity contribution is -0.134. The Labute approximate surface area is 150 Å². The second-order valence-electron chi connectivity index (χ2n) is 7.61. The Morgan fingerprint density at radius 1 is 1.32 bits per heavy atom. The highest BCUT2D eigenvalue weighted by atomic mass is 16.2. The molecule has 2 amide bonds. The van der Waals surface area contributed by atoms with Crippen LogP contribution in [-0.2, 0) is 22.7 Å². The summed E-state index contributed by atoms with van der Waals surface area (Å²) in [6, 6.07) is -0.378. The van der Waals surface area contributed by atoms with Crippen LogP contribution in [0.2, 0.25) is 0 Å². The summed E-state index contributed by atoms with van der Waals surface area (Å²) in [5.74, 6) is 0.820. The van der Waals surface area contributed by atoms with E-state index in [4.69, 9.17) is 0 Å². The third-order valence-corrected chi connectivity index (χ3v) is 4.25. The molecule has 0 radical (unpaired) electrons. The number of carbonyl (C=O) groups excluding carboxylic acids is 2. The third-order valence-electron chi connectivity index (χ3n) is 4.25. The quantitative estimate of drug-likeness (QED) is 0.734. The summed E-state index contributed by atoms with van der Waals surface area (Å²) in [6.07, 6.45) is 3.76. The van der Waals surface area contributed by atoms with Crippen molar-refractivity contribution in [1.29, 1.82) is 0 Å². The first-order valence-electron chi connectivity index (χ1n) is 9.14. The molecule has 7 nitrogen and oxygen atoms in total. The van der Waals surface area contributed by atoms with E-state index in [-0.39, 0.29) is 24.3 Å². The molecule has 1 fully saturated rings. The SMILES string of the molecule is CC(C)CN1CCNC(=O)C1CC(=O)NCc1cncn1CC(C)C. The second-order valence-corrected chi connectivity index (χ2v) is 7.61. The van der Waals surface area contributed by atoms with Gasteiger partial charge in [-0.2, -0.15) is 0 Å². The van der Waals surface area contributed by atoms with Crippen LogP contribution in [0.25, 0.3) is 0 Å². The number of amides is 2. The zero-order chi connectivity index (χ0) is 18.4. The average Bonchev–Trinajstić information content (AvgIpc) is 2.94. The van der Waals surface area contributed by atoms with Crippen LogP contribution in [0, 0.1) is 11.8 Å².